The zero-order valence-electron chi connectivity index (χ0n) is 22.7. The Morgan fingerprint density at radius 3 is 1.71 bits per heavy atom. The van der Waals surface area contributed by atoms with E-state index in [-0.39, 0.29) is 0 Å². The van der Waals surface area contributed by atoms with Gasteiger partial charge in [-0.05, 0) is 67.4 Å². The highest BCUT2D eigenvalue weighted by Crippen LogP contribution is 2.44. The maximum Gasteiger partial charge on any atom is 0.113 e. The number of allylic oxidation sites excluding steroid dienone is 1. The van der Waals surface area contributed by atoms with E-state index in [0.717, 1.165) is 29.9 Å². The van der Waals surface area contributed by atoms with E-state index in [2.05, 4.69) is 150 Å². The van der Waals surface area contributed by atoms with Crippen LogP contribution in [0, 0.1) is 0 Å². The molecule has 0 radical (unpaired) electrons. The summed E-state index contributed by atoms with van der Waals surface area (Å²) in [6, 6.07) is 46.3. The van der Waals surface area contributed by atoms with Crippen molar-refractivity contribution in [2.45, 2.75) is 12.8 Å². The van der Waals surface area contributed by atoms with Gasteiger partial charge in [0.05, 0.1) is 5.69 Å². The average Bonchev–Trinajstić information content (AvgIpc) is 3.49. The minimum atomic E-state index is 0.995. The number of fused-ring (bicyclic) bond motifs is 3. The van der Waals surface area contributed by atoms with Gasteiger partial charge in [-0.1, -0.05) is 127 Å². The van der Waals surface area contributed by atoms with Gasteiger partial charge in [-0.15, -0.1) is 0 Å². The van der Waals surface area contributed by atoms with Gasteiger partial charge in [0.2, 0.25) is 0 Å². The molecule has 1 aliphatic heterocycles. The third-order valence-electron chi connectivity index (χ3n) is 8.27. The molecule has 41 heavy (non-hydrogen) atoms. The number of imidazole rings is 1. The molecule has 0 saturated carbocycles. The molecule has 6 aromatic carbocycles. The lowest BCUT2D eigenvalue weighted by molar-refractivity contribution is 0.838. The normalized spacial score (nSPS) is 12.6. The van der Waals surface area contributed by atoms with Crippen molar-refractivity contribution in [1.29, 1.82) is 0 Å². The van der Waals surface area contributed by atoms with Crippen LogP contribution in [0.4, 0.5) is 0 Å². The first kappa shape index (κ1) is 23.7. The smallest absolute Gasteiger partial charge is 0.113 e. The molecular formula is C39H28N2. The summed E-state index contributed by atoms with van der Waals surface area (Å²) in [5.41, 5.74) is 9.63. The van der Waals surface area contributed by atoms with Gasteiger partial charge in [0.1, 0.15) is 5.82 Å². The van der Waals surface area contributed by atoms with Crippen LogP contribution in [0.3, 0.4) is 0 Å². The molecule has 0 bridgehead atoms. The van der Waals surface area contributed by atoms with Crippen molar-refractivity contribution in [3.05, 3.63) is 145 Å². The van der Waals surface area contributed by atoms with Crippen molar-refractivity contribution >= 4 is 27.7 Å². The van der Waals surface area contributed by atoms with Gasteiger partial charge >= 0.3 is 0 Å². The van der Waals surface area contributed by atoms with E-state index in [4.69, 9.17) is 4.98 Å². The van der Waals surface area contributed by atoms with Gasteiger partial charge < -0.3 is 4.57 Å². The van der Waals surface area contributed by atoms with Gasteiger partial charge in [0.25, 0.3) is 0 Å². The first-order valence-electron chi connectivity index (χ1n) is 14.3. The Hall–Kier alpha value is -5.21. The van der Waals surface area contributed by atoms with Gasteiger partial charge in [0, 0.05) is 24.4 Å². The van der Waals surface area contributed by atoms with Crippen molar-refractivity contribution in [3.63, 3.8) is 0 Å². The van der Waals surface area contributed by atoms with Crippen molar-refractivity contribution in [2.75, 3.05) is 0 Å². The predicted octanol–water partition coefficient (Wildman–Crippen LogP) is 10.3. The molecule has 1 aromatic heterocycles. The molecule has 0 N–H and O–H groups in total. The lowest BCUT2D eigenvalue weighted by Gasteiger charge is -2.18. The summed E-state index contributed by atoms with van der Waals surface area (Å²) in [6.45, 7) is 0. The molecule has 0 unspecified atom stereocenters. The van der Waals surface area contributed by atoms with Crippen LogP contribution in [-0.4, -0.2) is 9.55 Å². The number of rotatable bonds is 4. The highest BCUT2D eigenvalue weighted by atomic mass is 15.1. The Morgan fingerprint density at radius 2 is 1.05 bits per heavy atom. The summed E-state index contributed by atoms with van der Waals surface area (Å²) < 4.78 is 2.15. The molecule has 0 fully saturated rings. The molecule has 0 saturated heterocycles. The molecule has 0 atom stereocenters. The van der Waals surface area contributed by atoms with Crippen LogP contribution < -0.4 is 0 Å². The molecule has 2 nitrogen and oxygen atoms in total. The third kappa shape index (κ3) is 4.08. The van der Waals surface area contributed by atoms with Crippen LogP contribution in [0.2, 0.25) is 0 Å². The van der Waals surface area contributed by atoms with E-state index in [1.54, 1.807) is 0 Å². The summed E-state index contributed by atoms with van der Waals surface area (Å²) in [6.07, 6.45) is 8.52. The fourth-order valence-corrected chi connectivity index (χ4v) is 6.31. The van der Waals surface area contributed by atoms with Crippen molar-refractivity contribution in [3.8, 4) is 44.6 Å². The Morgan fingerprint density at radius 1 is 0.488 bits per heavy atom. The van der Waals surface area contributed by atoms with E-state index >= 15 is 0 Å². The van der Waals surface area contributed by atoms with Gasteiger partial charge in [0.15, 0.2) is 0 Å². The molecule has 0 amide bonds. The Labute approximate surface area is 239 Å². The largest absolute Gasteiger partial charge is 0.310 e. The van der Waals surface area contributed by atoms with Crippen LogP contribution in [0.15, 0.2) is 140 Å². The second kappa shape index (κ2) is 9.76. The van der Waals surface area contributed by atoms with E-state index in [9.17, 15) is 0 Å². The van der Waals surface area contributed by atoms with Crippen LogP contribution in [0.5, 0.6) is 0 Å². The monoisotopic (exact) mass is 524 g/mol. The van der Waals surface area contributed by atoms with E-state index in [0.29, 0.717) is 0 Å². The maximum absolute atomic E-state index is 4.89. The fourth-order valence-electron chi connectivity index (χ4n) is 6.31. The van der Waals surface area contributed by atoms with E-state index < -0.39 is 0 Å². The maximum atomic E-state index is 4.89. The lowest BCUT2D eigenvalue weighted by Crippen LogP contribution is -1.99. The highest BCUT2D eigenvalue weighted by molar-refractivity contribution is 6.21. The summed E-state index contributed by atoms with van der Waals surface area (Å²) in [5.74, 6) is 1.14. The second-order valence-corrected chi connectivity index (χ2v) is 10.7. The molecule has 2 heteroatoms. The Balaban J connectivity index is 1.33. The first-order chi connectivity index (χ1) is 20.3. The molecule has 2 heterocycles. The number of benzene rings is 6. The predicted molar refractivity (Wildman–Crippen MR) is 173 cm³/mol. The Kier molecular flexibility index (Phi) is 5.63. The summed E-state index contributed by atoms with van der Waals surface area (Å²) in [5, 5.41) is 5.09. The third-order valence-corrected chi connectivity index (χ3v) is 8.27. The number of aryl methyl sites for hydroxylation is 1. The quantitative estimate of drug-likeness (QED) is 0.209. The van der Waals surface area contributed by atoms with Gasteiger partial charge in [-0.3, -0.25) is 0 Å². The van der Waals surface area contributed by atoms with Crippen molar-refractivity contribution in [1.82, 2.24) is 9.55 Å². The Bertz CT molecular complexity index is 2070. The summed E-state index contributed by atoms with van der Waals surface area (Å²) in [7, 11) is 0. The average molecular weight is 525 g/mol. The van der Waals surface area contributed by atoms with E-state index in [1.807, 2.05) is 0 Å². The zero-order valence-corrected chi connectivity index (χ0v) is 22.7. The van der Waals surface area contributed by atoms with Gasteiger partial charge in [-0.25, -0.2) is 4.98 Å². The van der Waals surface area contributed by atoms with Gasteiger partial charge in [-0.2, -0.15) is 0 Å². The summed E-state index contributed by atoms with van der Waals surface area (Å²) in [4.78, 5) is 4.89. The second-order valence-electron chi connectivity index (χ2n) is 10.7. The number of nitrogens with zero attached hydrogens (tertiary/aromatic N) is 2. The molecule has 0 aliphatic carbocycles. The van der Waals surface area contributed by atoms with Crippen molar-refractivity contribution in [2.24, 2.45) is 0 Å². The van der Waals surface area contributed by atoms with Crippen LogP contribution in [0.25, 0.3) is 72.4 Å². The minimum absolute atomic E-state index is 0.995. The van der Waals surface area contributed by atoms with Crippen LogP contribution in [0.1, 0.15) is 12.2 Å². The molecule has 194 valence electrons. The number of hydrogen-bond donors (Lipinski definition) is 0. The molecular weight excluding hydrogens is 496 g/mol. The van der Waals surface area contributed by atoms with E-state index in [1.165, 1.54) is 54.9 Å². The first-order valence-corrected chi connectivity index (χ1v) is 14.3. The summed E-state index contributed by atoms with van der Waals surface area (Å²) >= 11 is 0. The molecule has 8 rings (SSSR count). The lowest BCUT2D eigenvalue weighted by atomic mass is 9.85. The number of hydrogen-bond acceptors (Lipinski definition) is 1. The minimum Gasteiger partial charge on any atom is -0.310 e. The zero-order chi connectivity index (χ0) is 27.2. The molecule has 0 spiro atoms. The standard InChI is InChI=1S/C39H28N2/c1-3-11-29(12-4-1)38-32-15-7-8-16-33(32)39(30-13-5-2-6-14-30)35-25-31(22-23-34(35)38)27-18-20-28(21-19-27)36-26-41-24-10-9-17-37(41)40-36/h1-8,10-16,18-26H,9,17H2. The van der Waals surface area contributed by atoms with Crippen LogP contribution in [-0.2, 0) is 6.42 Å². The number of aromatic nitrogens is 2. The molecule has 7 aromatic rings. The fraction of sp³-hybridized carbons (Fsp3) is 0.0513. The molecule has 1 aliphatic rings. The van der Waals surface area contributed by atoms with Crippen molar-refractivity contribution < 1.29 is 0 Å². The van der Waals surface area contributed by atoms with Crippen LogP contribution >= 0.6 is 0 Å². The topological polar surface area (TPSA) is 17.8 Å². The SMILES string of the molecule is C1=Cn2cc(-c3ccc(-c4ccc5c(-c6ccccc6)c6ccccc6c(-c6ccccc6)c5c4)cc3)nc2CC1. The highest BCUT2D eigenvalue weighted by Gasteiger charge is 2.17.